The molecule has 0 saturated heterocycles. The second-order valence-corrected chi connectivity index (χ2v) is 6.05. The second kappa shape index (κ2) is 6.18. The lowest BCUT2D eigenvalue weighted by atomic mass is 9.98. The Morgan fingerprint density at radius 3 is 2.62 bits per heavy atom. The van der Waals surface area contributed by atoms with Crippen LogP contribution in [0.5, 0.6) is 11.5 Å². The number of amides is 1. The number of ketones is 1. The van der Waals surface area contributed by atoms with Gasteiger partial charge in [0.25, 0.3) is 5.91 Å². The molecule has 0 spiro atoms. The Hall–Kier alpha value is -3.35. The van der Waals surface area contributed by atoms with Crippen LogP contribution in [0.1, 0.15) is 33.2 Å². The number of carbonyl (C=O) groups is 3. The molecule has 2 aromatic carbocycles. The number of fused-ring (bicyclic) bond motifs is 2. The van der Waals surface area contributed by atoms with Crippen molar-refractivity contribution in [3.8, 4) is 11.5 Å². The molecule has 2 heterocycles. The summed E-state index contributed by atoms with van der Waals surface area (Å²) in [6.07, 6.45) is -0.698. The van der Waals surface area contributed by atoms with Crippen molar-refractivity contribution in [3.63, 3.8) is 0 Å². The fourth-order valence-corrected chi connectivity index (χ4v) is 3.03. The molecule has 0 radical (unpaired) electrons. The van der Waals surface area contributed by atoms with Crippen LogP contribution in [0.2, 0.25) is 0 Å². The lowest BCUT2D eigenvalue weighted by molar-refractivity contribution is -0.125. The van der Waals surface area contributed by atoms with Gasteiger partial charge in [0.15, 0.2) is 23.4 Å². The molecule has 0 saturated carbocycles. The van der Waals surface area contributed by atoms with Crippen LogP contribution < -0.4 is 14.8 Å². The van der Waals surface area contributed by atoms with E-state index >= 15 is 0 Å². The van der Waals surface area contributed by atoms with Crippen LogP contribution in [0, 0.1) is 0 Å². The number of ether oxygens (including phenoxy) is 3. The topological polar surface area (TPSA) is 90.9 Å². The van der Waals surface area contributed by atoms with Crippen LogP contribution in [0.25, 0.3) is 0 Å². The summed E-state index contributed by atoms with van der Waals surface area (Å²) in [5, 5.41) is 2.67. The highest BCUT2D eigenvalue weighted by molar-refractivity contribution is 6.06. The van der Waals surface area contributed by atoms with Gasteiger partial charge < -0.3 is 19.5 Å². The van der Waals surface area contributed by atoms with Gasteiger partial charge >= 0.3 is 5.97 Å². The SMILES string of the molecule is CC(=O)c1cc2c(cc1NC(=O)C1Cc3ccccc3C(=O)O1)OCO2. The van der Waals surface area contributed by atoms with Crippen molar-refractivity contribution in [2.24, 2.45) is 0 Å². The quantitative estimate of drug-likeness (QED) is 0.673. The van der Waals surface area contributed by atoms with Crippen LogP contribution in [0.4, 0.5) is 5.69 Å². The summed E-state index contributed by atoms with van der Waals surface area (Å²) in [6.45, 7) is 1.45. The van der Waals surface area contributed by atoms with Crippen molar-refractivity contribution in [2.75, 3.05) is 12.1 Å². The summed E-state index contributed by atoms with van der Waals surface area (Å²) in [5.41, 5.74) is 1.80. The largest absolute Gasteiger partial charge is 0.454 e. The highest BCUT2D eigenvalue weighted by Crippen LogP contribution is 2.37. The molecule has 1 amide bonds. The molecule has 4 rings (SSSR count). The van der Waals surface area contributed by atoms with E-state index in [1.54, 1.807) is 24.3 Å². The van der Waals surface area contributed by atoms with Crippen molar-refractivity contribution >= 4 is 23.3 Å². The van der Waals surface area contributed by atoms with Crippen molar-refractivity contribution in [3.05, 3.63) is 53.1 Å². The van der Waals surface area contributed by atoms with Gasteiger partial charge in [-0.25, -0.2) is 4.79 Å². The predicted octanol–water partition coefficient (Wildman–Crippen LogP) is 2.34. The van der Waals surface area contributed by atoms with Crippen molar-refractivity contribution < 1.29 is 28.6 Å². The van der Waals surface area contributed by atoms with Gasteiger partial charge in [0, 0.05) is 18.1 Å². The van der Waals surface area contributed by atoms with E-state index in [-0.39, 0.29) is 19.0 Å². The maximum atomic E-state index is 12.6. The van der Waals surface area contributed by atoms with E-state index in [0.29, 0.717) is 28.3 Å². The molecule has 2 aliphatic rings. The molecule has 1 N–H and O–H groups in total. The fourth-order valence-electron chi connectivity index (χ4n) is 3.03. The zero-order chi connectivity index (χ0) is 18.3. The lowest BCUT2D eigenvalue weighted by Crippen LogP contribution is -2.38. The Morgan fingerprint density at radius 1 is 1.12 bits per heavy atom. The summed E-state index contributed by atoms with van der Waals surface area (Å²) in [4.78, 5) is 36.6. The number of benzene rings is 2. The number of cyclic esters (lactones) is 1. The number of rotatable bonds is 3. The van der Waals surface area contributed by atoms with Gasteiger partial charge in [-0.2, -0.15) is 0 Å². The van der Waals surface area contributed by atoms with Crippen LogP contribution in [0.15, 0.2) is 36.4 Å². The number of anilines is 1. The number of hydrogen-bond acceptors (Lipinski definition) is 6. The number of nitrogens with one attached hydrogen (secondary N) is 1. The van der Waals surface area contributed by atoms with Gasteiger partial charge in [0.2, 0.25) is 6.79 Å². The molecule has 7 heteroatoms. The summed E-state index contributed by atoms with van der Waals surface area (Å²) in [5.74, 6) is -0.384. The van der Waals surface area contributed by atoms with E-state index in [0.717, 1.165) is 5.56 Å². The molecular weight excluding hydrogens is 338 g/mol. The zero-order valence-corrected chi connectivity index (χ0v) is 13.9. The Kier molecular flexibility index (Phi) is 3.84. The summed E-state index contributed by atoms with van der Waals surface area (Å²) < 4.78 is 15.8. The first kappa shape index (κ1) is 16.1. The minimum Gasteiger partial charge on any atom is -0.454 e. The van der Waals surface area contributed by atoms with Gasteiger partial charge in [-0.3, -0.25) is 9.59 Å². The van der Waals surface area contributed by atoms with Crippen molar-refractivity contribution in [1.29, 1.82) is 0 Å². The average Bonchev–Trinajstić information content (AvgIpc) is 3.08. The van der Waals surface area contributed by atoms with Crippen LogP contribution in [0.3, 0.4) is 0 Å². The third kappa shape index (κ3) is 2.77. The minimum absolute atomic E-state index is 0.0566. The first-order valence-corrected chi connectivity index (χ1v) is 8.07. The van der Waals surface area contributed by atoms with E-state index in [9.17, 15) is 14.4 Å². The Labute approximate surface area is 148 Å². The number of esters is 1. The molecule has 7 nitrogen and oxygen atoms in total. The standard InChI is InChI=1S/C19H15NO6/c1-10(21)13-7-15-16(25-9-24-15)8-14(13)20-18(22)17-6-11-4-2-3-5-12(11)19(23)26-17/h2-5,7-8,17H,6,9H2,1H3,(H,20,22). The van der Waals surface area contributed by atoms with Gasteiger partial charge in [-0.1, -0.05) is 18.2 Å². The number of hydrogen-bond donors (Lipinski definition) is 1. The monoisotopic (exact) mass is 353 g/mol. The van der Waals surface area contributed by atoms with E-state index in [4.69, 9.17) is 14.2 Å². The van der Waals surface area contributed by atoms with Gasteiger partial charge in [0.05, 0.1) is 11.3 Å². The van der Waals surface area contributed by atoms with E-state index in [1.807, 2.05) is 0 Å². The molecule has 2 aliphatic heterocycles. The smallest absolute Gasteiger partial charge is 0.339 e. The normalized spacial score (nSPS) is 17.3. The van der Waals surface area contributed by atoms with E-state index in [1.165, 1.54) is 19.1 Å². The molecule has 0 bridgehead atoms. The van der Waals surface area contributed by atoms with Gasteiger partial charge in [-0.05, 0) is 24.6 Å². The third-order valence-electron chi connectivity index (χ3n) is 4.33. The van der Waals surface area contributed by atoms with Crippen LogP contribution in [-0.4, -0.2) is 30.6 Å². The molecule has 0 aliphatic carbocycles. The average molecular weight is 353 g/mol. The molecule has 0 aromatic heterocycles. The number of Topliss-reactive ketones (excluding diaryl/α,β-unsaturated/α-hetero) is 1. The minimum atomic E-state index is -0.970. The Morgan fingerprint density at radius 2 is 1.85 bits per heavy atom. The maximum Gasteiger partial charge on any atom is 0.339 e. The van der Waals surface area contributed by atoms with Gasteiger partial charge in [0.1, 0.15) is 0 Å². The molecule has 2 aromatic rings. The Balaban J connectivity index is 1.59. The first-order valence-electron chi connectivity index (χ1n) is 8.07. The Bertz CT molecular complexity index is 936. The molecule has 1 atom stereocenters. The summed E-state index contributed by atoms with van der Waals surface area (Å²) in [7, 11) is 0. The molecular formula is C19H15NO6. The number of carbonyl (C=O) groups excluding carboxylic acids is 3. The summed E-state index contributed by atoms with van der Waals surface area (Å²) >= 11 is 0. The molecule has 132 valence electrons. The molecule has 1 unspecified atom stereocenters. The maximum absolute atomic E-state index is 12.6. The highest BCUT2D eigenvalue weighted by Gasteiger charge is 2.32. The molecule has 0 fully saturated rings. The van der Waals surface area contributed by atoms with E-state index < -0.39 is 18.0 Å². The van der Waals surface area contributed by atoms with Crippen LogP contribution >= 0.6 is 0 Å². The fraction of sp³-hybridized carbons (Fsp3) is 0.211. The third-order valence-corrected chi connectivity index (χ3v) is 4.33. The first-order chi connectivity index (χ1) is 12.5. The van der Waals surface area contributed by atoms with E-state index in [2.05, 4.69) is 5.32 Å². The van der Waals surface area contributed by atoms with Gasteiger partial charge in [-0.15, -0.1) is 0 Å². The van der Waals surface area contributed by atoms with Crippen molar-refractivity contribution in [1.82, 2.24) is 0 Å². The van der Waals surface area contributed by atoms with Crippen molar-refractivity contribution in [2.45, 2.75) is 19.4 Å². The second-order valence-electron chi connectivity index (χ2n) is 6.05. The zero-order valence-electron chi connectivity index (χ0n) is 13.9. The molecule has 26 heavy (non-hydrogen) atoms. The summed E-state index contributed by atoms with van der Waals surface area (Å²) in [6, 6.07) is 10.1. The van der Waals surface area contributed by atoms with Crippen LogP contribution in [-0.2, 0) is 16.0 Å². The predicted molar refractivity (Wildman–Crippen MR) is 90.5 cm³/mol. The highest BCUT2D eigenvalue weighted by atomic mass is 16.7. The lowest BCUT2D eigenvalue weighted by Gasteiger charge is -2.24.